The maximum Gasteiger partial charge on any atom is 0.305 e. The van der Waals surface area contributed by atoms with Gasteiger partial charge in [-0.2, -0.15) is 0 Å². The minimum absolute atomic E-state index is 0.155. The predicted molar refractivity (Wildman–Crippen MR) is 111 cm³/mol. The van der Waals surface area contributed by atoms with Crippen molar-refractivity contribution in [3.05, 3.63) is 54.1 Å². The van der Waals surface area contributed by atoms with Crippen molar-refractivity contribution in [3.8, 4) is 11.1 Å². The number of carboxylic acids is 2. The molecule has 8 nitrogen and oxygen atoms in total. The zero-order valence-electron chi connectivity index (χ0n) is 16.6. The SMILES string of the molecule is CC(=O)Nc1cccc(-c2ccc(C[C@H](CC(=O)O)NC(=O)CCC(=O)O)cc2)c1. The number of benzene rings is 2. The van der Waals surface area contributed by atoms with Crippen LogP contribution in [0.4, 0.5) is 5.69 Å². The van der Waals surface area contributed by atoms with Crippen molar-refractivity contribution in [3.63, 3.8) is 0 Å². The second kappa shape index (κ2) is 10.8. The van der Waals surface area contributed by atoms with Crippen molar-refractivity contribution < 1.29 is 29.4 Å². The molecule has 0 aliphatic carbocycles. The van der Waals surface area contributed by atoms with Crippen molar-refractivity contribution in [2.75, 3.05) is 5.32 Å². The van der Waals surface area contributed by atoms with Crippen LogP contribution in [0, 0.1) is 0 Å². The van der Waals surface area contributed by atoms with Crippen molar-refractivity contribution in [1.82, 2.24) is 5.32 Å². The number of carbonyl (C=O) groups excluding carboxylic acids is 2. The Balaban J connectivity index is 2.07. The minimum atomic E-state index is -1.09. The summed E-state index contributed by atoms with van der Waals surface area (Å²) in [6, 6.07) is 14.2. The first-order chi connectivity index (χ1) is 14.2. The number of nitrogens with one attached hydrogen (secondary N) is 2. The third-order valence-corrected chi connectivity index (χ3v) is 4.30. The van der Waals surface area contributed by atoms with E-state index in [1.54, 1.807) is 6.07 Å². The molecule has 0 unspecified atom stereocenters. The van der Waals surface area contributed by atoms with E-state index in [9.17, 15) is 19.2 Å². The molecule has 0 spiro atoms. The summed E-state index contributed by atoms with van der Waals surface area (Å²) in [7, 11) is 0. The largest absolute Gasteiger partial charge is 0.481 e. The van der Waals surface area contributed by atoms with Crippen LogP contribution >= 0.6 is 0 Å². The fraction of sp³-hybridized carbons (Fsp3) is 0.273. The molecule has 0 radical (unpaired) electrons. The summed E-state index contributed by atoms with van der Waals surface area (Å²) < 4.78 is 0. The third-order valence-electron chi connectivity index (χ3n) is 4.30. The molecule has 0 saturated carbocycles. The predicted octanol–water partition coefficient (Wildman–Crippen LogP) is 2.68. The second-order valence-corrected chi connectivity index (χ2v) is 6.92. The highest BCUT2D eigenvalue weighted by Crippen LogP contribution is 2.23. The van der Waals surface area contributed by atoms with E-state index in [2.05, 4.69) is 10.6 Å². The van der Waals surface area contributed by atoms with Gasteiger partial charge in [-0.3, -0.25) is 19.2 Å². The van der Waals surface area contributed by atoms with Crippen LogP contribution in [0.5, 0.6) is 0 Å². The molecule has 0 aliphatic rings. The average Bonchev–Trinajstić information content (AvgIpc) is 2.66. The first-order valence-electron chi connectivity index (χ1n) is 9.43. The third kappa shape index (κ3) is 7.75. The highest BCUT2D eigenvalue weighted by atomic mass is 16.4. The summed E-state index contributed by atoms with van der Waals surface area (Å²) in [5.74, 6) is -2.78. The molecule has 0 heterocycles. The fourth-order valence-electron chi connectivity index (χ4n) is 3.00. The van der Waals surface area contributed by atoms with Crippen LogP contribution in [-0.4, -0.2) is 40.0 Å². The maximum absolute atomic E-state index is 11.9. The molecule has 30 heavy (non-hydrogen) atoms. The van der Waals surface area contributed by atoms with Crippen LogP contribution in [0.25, 0.3) is 11.1 Å². The minimum Gasteiger partial charge on any atom is -0.481 e. The molecule has 0 aliphatic heterocycles. The van der Waals surface area contributed by atoms with Gasteiger partial charge in [-0.15, -0.1) is 0 Å². The standard InChI is InChI=1S/C22H24N2O6/c1-14(25)23-18-4-2-3-17(12-18)16-7-5-15(6-8-16)11-19(13-22(29)30)24-20(26)9-10-21(27)28/h2-8,12,19H,9-11,13H2,1H3,(H,23,25)(H,24,26)(H,27,28)(H,29,30)/t19-/m1/s1. The zero-order chi connectivity index (χ0) is 22.1. The normalized spacial score (nSPS) is 11.4. The Hall–Kier alpha value is -3.68. The van der Waals surface area contributed by atoms with E-state index in [4.69, 9.17) is 10.2 Å². The number of aliphatic carboxylic acids is 2. The molecule has 0 fully saturated rings. The summed E-state index contributed by atoms with van der Waals surface area (Å²) in [5, 5.41) is 23.1. The van der Waals surface area contributed by atoms with Gasteiger partial charge in [-0.1, -0.05) is 36.4 Å². The van der Waals surface area contributed by atoms with E-state index in [1.165, 1.54) is 6.92 Å². The molecular weight excluding hydrogens is 388 g/mol. The van der Waals surface area contributed by atoms with Crippen molar-refractivity contribution in [1.29, 1.82) is 0 Å². The van der Waals surface area contributed by atoms with Gasteiger partial charge >= 0.3 is 11.9 Å². The quantitative estimate of drug-likeness (QED) is 0.474. The van der Waals surface area contributed by atoms with Gasteiger partial charge in [0.05, 0.1) is 12.8 Å². The van der Waals surface area contributed by atoms with Gasteiger partial charge < -0.3 is 20.8 Å². The molecule has 2 amide bonds. The fourth-order valence-corrected chi connectivity index (χ4v) is 3.00. The lowest BCUT2D eigenvalue weighted by molar-refractivity contribution is -0.140. The van der Waals surface area contributed by atoms with Crippen molar-refractivity contribution in [2.45, 2.75) is 38.6 Å². The van der Waals surface area contributed by atoms with Gasteiger partial charge in [0.25, 0.3) is 0 Å². The van der Waals surface area contributed by atoms with Gasteiger partial charge in [-0.05, 0) is 35.2 Å². The van der Waals surface area contributed by atoms with E-state index in [1.807, 2.05) is 42.5 Å². The topological polar surface area (TPSA) is 133 Å². The molecule has 4 N–H and O–H groups in total. The summed E-state index contributed by atoms with van der Waals surface area (Å²) in [6.07, 6.45) is -0.469. The maximum atomic E-state index is 11.9. The van der Waals surface area contributed by atoms with Gasteiger partial charge in [0.1, 0.15) is 0 Å². The van der Waals surface area contributed by atoms with E-state index in [-0.39, 0.29) is 25.2 Å². The Kier molecular flexibility index (Phi) is 8.10. The Morgan fingerprint density at radius 1 is 0.900 bits per heavy atom. The lowest BCUT2D eigenvalue weighted by atomic mass is 9.99. The molecule has 0 aromatic heterocycles. The Morgan fingerprint density at radius 2 is 1.60 bits per heavy atom. The Bertz CT molecular complexity index is 923. The van der Waals surface area contributed by atoms with Gasteiger partial charge in [-0.25, -0.2) is 0 Å². The van der Waals surface area contributed by atoms with Crippen LogP contribution in [0.1, 0.15) is 31.7 Å². The molecule has 2 aromatic carbocycles. The zero-order valence-corrected chi connectivity index (χ0v) is 16.6. The first-order valence-corrected chi connectivity index (χ1v) is 9.43. The number of anilines is 1. The second-order valence-electron chi connectivity index (χ2n) is 6.92. The van der Waals surface area contributed by atoms with Crippen LogP contribution in [0.3, 0.4) is 0 Å². The summed E-state index contributed by atoms with van der Waals surface area (Å²) >= 11 is 0. The average molecular weight is 412 g/mol. The molecule has 158 valence electrons. The number of carbonyl (C=O) groups is 4. The number of hydrogen-bond donors (Lipinski definition) is 4. The van der Waals surface area contributed by atoms with Gasteiger partial charge in [0.15, 0.2) is 0 Å². The van der Waals surface area contributed by atoms with E-state index < -0.39 is 23.9 Å². The van der Waals surface area contributed by atoms with Crippen LogP contribution in [-0.2, 0) is 25.6 Å². The van der Waals surface area contributed by atoms with E-state index >= 15 is 0 Å². The van der Waals surface area contributed by atoms with Crippen LogP contribution < -0.4 is 10.6 Å². The molecule has 2 aromatic rings. The monoisotopic (exact) mass is 412 g/mol. The lowest BCUT2D eigenvalue weighted by Gasteiger charge is -2.17. The highest BCUT2D eigenvalue weighted by molar-refractivity contribution is 5.89. The van der Waals surface area contributed by atoms with Gasteiger partial charge in [0, 0.05) is 25.1 Å². The smallest absolute Gasteiger partial charge is 0.305 e. The summed E-state index contributed by atoms with van der Waals surface area (Å²) in [6.45, 7) is 1.44. The first kappa shape index (κ1) is 22.6. The molecule has 0 bridgehead atoms. The number of hydrogen-bond acceptors (Lipinski definition) is 4. The Labute approximate surface area is 173 Å². The number of amides is 2. The molecule has 8 heteroatoms. The van der Waals surface area contributed by atoms with Crippen molar-refractivity contribution in [2.24, 2.45) is 0 Å². The molecule has 2 rings (SSSR count). The van der Waals surface area contributed by atoms with Crippen LogP contribution in [0.2, 0.25) is 0 Å². The number of rotatable bonds is 10. The van der Waals surface area contributed by atoms with E-state index in [0.717, 1.165) is 16.7 Å². The highest BCUT2D eigenvalue weighted by Gasteiger charge is 2.17. The van der Waals surface area contributed by atoms with Crippen LogP contribution in [0.15, 0.2) is 48.5 Å². The summed E-state index contributed by atoms with van der Waals surface area (Å²) in [5.41, 5.74) is 3.36. The summed E-state index contributed by atoms with van der Waals surface area (Å²) in [4.78, 5) is 44.8. The van der Waals surface area contributed by atoms with E-state index in [0.29, 0.717) is 12.1 Å². The molecule has 1 atom stereocenters. The molecular formula is C22H24N2O6. The Morgan fingerprint density at radius 3 is 2.20 bits per heavy atom. The van der Waals surface area contributed by atoms with Gasteiger partial charge in [0.2, 0.25) is 11.8 Å². The molecule has 0 saturated heterocycles. The number of carboxylic acid groups (broad SMARTS) is 2. The van der Waals surface area contributed by atoms with Crippen molar-refractivity contribution >= 4 is 29.4 Å². The lowest BCUT2D eigenvalue weighted by Crippen LogP contribution is -2.38.